The smallest absolute Gasteiger partial charge is 0.325 e. The largest absolute Gasteiger partial charge is 0.392 e. The molecule has 2 aromatic rings. The zero-order valence-electron chi connectivity index (χ0n) is 10.5. The van der Waals surface area contributed by atoms with Gasteiger partial charge in [0.15, 0.2) is 0 Å². The van der Waals surface area contributed by atoms with Crippen molar-refractivity contribution < 1.29 is 9.90 Å². The van der Waals surface area contributed by atoms with Gasteiger partial charge in [-0.05, 0) is 11.1 Å². The summed E-state index contributed by atoms with van der Waals surface area (Å²) in [6.07, 6.45) is 1.07. The van der Waals surface area contributed by atoms with Crippen LogP contribution in [-0.4, -0.2) is 21.0 Å². The van der Waals surface area contributed by atoms with Crippen LogP contribution in [0.15, 0.2) is 40.1 Å². The highest BCUT2D eigenvalue weighted by molar-refractivity contribution is 5.93. The van der Waals surface area contributed by atoms with E-state index >= 15 is 0 Å². The van der Waals surface area contributed by atoms with E-state index in [0.717, 1.165) is 17.3 Å². The lowest BCUT2D eigenvalue weighted by atomic mass is 10.1. The van der Waals surface area contributed by atoms with Crippen LogP contribution in [-0.2, 0) is 13.2 Å². The normalized spacial score (nSPS) is 10.2. The van der Waals surface area contributed by atoms with Gasteiger partial charge in [-0.1, -0.05) is 24.3 Å². The van der Waals surface area contributed by atoms with Crippen molar-refractivity contribution in [1.29, 1.82) is 0 Å². The molecule has 1 amide bonds. The number of aliphatic hydroxyl groups is 1. The average molecular weight is 275 g/mol. The lowest BCUT2D eigenvalue weighted by Gasteiger charge is -2.05. The van der Waals surface area contributed by atoms with Gasteiger partial charge in [-0.3, -0.25) is 14.6 Å². The Morgan fingerprint density at radius 2 is 1.80 bits per heavy atom. The molecule has 1 aromatic carbocycles. The van der Waals surface area contributed by atoms with Gasteiger partial charge in [0.25, 0.3) is 11.5 Å². The maximum Gasteiger partial charge on any atom is 0.325 e. The molecule has 0 fully saturated rings. The first-order valence-corrected chi connectivity index (χ1v) is 5.89. The first-order chi connectivity index (χ1) is 9.60. The Kier molecular flexibility index (Phi) is 4.11. The van der Waals surface area contributed by atoms with Gasteiger partial charge < -0.3 is 15.4 Å². The number of rotatable bonds is 4. The second-order valence-corrected chi connectivity index (χ2v) is 4.14. The molecule has 0 aliphatic heterocycles. The molecule has 104 valence electrons. The van der Waals surface area contributed by atoms with E-state index in [4.69, 9.17) is 5.11 Å². The summed E-state index contributed by atoms with van der Waals surface area (Å²) in [6, 6.07) is 7.02. The number of aliphatic hydroxyl groups excluding tert-OH is 1. The molecule has 0 saturated carbocycles. The summed E-state index contributed by atoms with van der Waals surface area (Å²) in [5.74, 6) is -0.575. The van der Waals surface area contributed by atoms with E-state index < -0.39 is 17.2 Å². The van der Waals surface area contributed by atoms with Crippen molar-refractivity contribution in [1.82, 2.24) is 15.3 Å². The third kappa shape index (κ3) is 3.21. The van der Waals surface area contributed by atoms with E-state index in [2.05, 4.69) is 10.3 Å². The SMILES string of the molecule is O=C(NCc1ccc(CO)cc1)c1c[nH]c(=O)[nH]c1=O. The minimum atomic E-state index is -0.734. The Bertz CT molecular complexity index is 715. The van der Waals surface area contributed by atoms with E-state index in [1.54, 1.807) is 24.3 Å². The van der Waals surface area contributed by atoms with Crippen LogP contribution in [0.25, 0.3) is 0 Å². The van der Waals surface area contributed by atoms with Crippen LogP contribution in [0.4, 0.5) is 0 Å². The first kappa shape index (κ1) is 13.8. The minimum absolute atomic E-state index is 0.0423. The minimum Gasteiger partial charge on any atom is -0.392 e. The molecule has 1 heterocycles. The summed E-state index contributed by atoms with van der Waals surface area (Å²) in [5.41, 5.74) is 0.0538. The van der Waals surface area contributed by atoms with Crippen LogP contribution in [0, 0.1) is 0 Å². The standard InChI is InChI=1S/C13H13N3O4/c17-7-9-3-1-8(2-4-9)5-14-11(18)10-6-15-13(20)16-12(10)19/h1-4,6,17H,5,7H2,(H,14,18)(H2,15,16,19,20). The molecule has 7 heteroatoms. The van der Waals surface area contributed by atoms with Crippen molar-refractivity contribution in [3.63, 3.8) is 0 Å². The highest BCUT2D eigenvalue weighted by atomic mass is 16.3. The van der Waals surface area contributed by atoms with E-state index in [0.29, 0.717) is 0 Å². The summed E-state index contributed by atoms with van der Waals surface area (Å²) in [5, 5.41) is 11.5. The lowest BCUT2D eigenvalue weighted by molar-refractivity contribution is 0.0949. The molecule has 0 aliphatic carbocycles. The number of carbonyl (C=O) groups excluding carboxylic acids is 1. The molecule has 7 nitrogen and oxygen atoms in total. The van der Waals surface area contributed by atoms with Gasteiger partial charge in [-0.25, -0.2) is 4.79 Å². The van der Waals surface area contributed by atoms with E-state index in [9.17, 15) is 14.4 Å². The zero-order chi connectivity index (χ0) is 14.5. The quantitative estimate of drug-likeness (QED) is 0.601. The third-order valence-corrected chi connectivity index (χ3v) is 2.72. The Morgan fingerprint density at radius 3 is 2.40 bits per heavy atom. The highest BCUT2D eigenvalue weighted by Crippen LogP contribution is 2.04. The molecule has 4 N–H and O–H groups in total. The molecule has 0 saturated heterocycles. The number of aromatic amines is 2. The van der Waals surface area contributed by atoms with Crippen LogP contribution in [0.5, 0.6) is 0 Å². The molecule has 0 atom stereocenters. The molecule has 2 rings (SSSR count). The van der Waals surface area contributed by atoms with Crippen molar-refractivity contribution in [2.24, 2.45) is 0 Å². The van der Waals surface area contributed by atoms with Crippen LogP contribution in [0.1, 0.15) is 21.5 Å². The van der Waals surface area contributed by atoms with Gasteiger partial charge >= 0.3 is 5.69 Å². The van der Waals surface area contributed by atoms with Gasteiger partial charge in [-0.2, -0.15) is 0 Å². The summed E-state index contributed by atoms with van der Waals surface area (Å²) in [7, 11) is 0. The van der Waals surface area contributed by atoms with E-state index in [-0.39, 0.29) is 18.7 Å². The molecular weight excluding hydrogens is 262 g/mol. The molecule has 0 spiro atoms. The monoisotopic (exact) mass is 275 g/mol. The number of hydrogen-bond acceptors (Lipinski definition) is 4. The number of hydrogen-bond donors (Lipinski definition) is 4. The summed E-state index contributed by atoms with van der Waals surface area (Å²) >= 11 is 0. The third-order valence-electron chi connectivity index (χ3n) is 2.72. The molecule has 0 unspecified atom stereocenters. The Labute approximate surface area is 113 Å². The van der Waals surface area contributed by atoms with E-state index in [1.807, 2.05) is 4.98 Å². The van der Waals surface area contributed by atoms with Crippen LogP contribution in [0.3, 0.4) is 0 Å². The highest BCUT2D eigenvalue weighted by Gasteiger charge is 2.10. The fourth-order valence-electron chi connectivity index (χ4n) is 1.62. The van der Waals surface area contributed by atoms with Crippen molar-refractivity contribution >= 4 is 5.91 Å². The van der Waals surface area contributed by atoms with Gasteiger partial charge in [0.1, 0.15) is 5.56 Å². The van der Waals surface area contributed by atoms with Gasteiger partial charge in [0, 0.05) is 12.7 Å². The Morgan fingerprint density at radius 1 is 1.15 bits per heavy atom. The van der Waals surface area contributed by atoms with Crippen molar-refractivity contribution in [2.75, 3.05) is 0 Å². The number of aromatic nitrogens is 2. The summed E-state index contributed by atoms with van der Waals surface area (Å²) in [6.45, 7) is 0.197. The zero-order valence-corrected chi connectivity index (χ0v) is 10.5. The summed E-state index contributed by atoms with van der Waals surface area (Å²) < 4.78 is 0. The van der Waals surface area contributed by atoms with Gasteiger partial charge in [0.2, 0.25) is 0 Å². The molecular formula is C13H13N3O4. The fraction of sp³-hybridized carbons (Fsp3) is 0.154. The van der Waals surface area contributed by atoms with Crippen LogP contribution >= 0.6 is 0 Å². The molecule has 0 bridgehead atoms. The predicted octanol–water partition coefficient (Wildman–Crippen LogP) is -0.515. The number of nitrogens with one attached hydrogen (secondary N) is 3. The number of carbonyl (C=O) groups is 1. The van der Waals surface area contributed by atoms with E-state index in [1.165, 1.54) is 0 Å². The predicted molar refractivity (Wildman–Crippen MR) is 71.2 cm³/mol. The molecule has 0 aliphatic rings. The topological polar surface area (TPSA) is 115 Å². The number of benzene rings is 1. The first-order valence-electron chi connectivity index (χ1n) is 5.89. The molecule has 0 radical (unpaired) electrons. The second kappa shape index (κ2) is 5.98. The summed E-state index contributed by atoms with van der Waals surface area (Å²) in [4.78, 5) is 38.2. The molecule has 20 heavy (non-hydrogen) atoms. The second-order valence-electron chi connectivity index (χ2n) is 4.14. The average Bonchev–Trinajstić information content (AvgIpc) is 2.45. The Balaban J connectivity index is 2.04. The maximum absolute atomic E-state index is 11.8. The van der Waals surface area contributed by atoms with Crippen LogP contribution < -0.4 is 16.6 Å². The molecule has 1 aromatic heterocycles. The fourth-order valence-corrected chi connectivity index (χ4v) is 1.62. The van der Waals surface area contributed by atoms with Crippen molar-refractivity contribution in [2.45, 2.75) is 13.2 Å². The maximum atomic E-state index is 11.8. The van der Waals surface area contributed by atoms with Gasteiger partial charge in [0.05, 0.1) is 6.61 Å². The van der Waals surface area contributed by atoms with Gasteiger partial charge in [-0.15, -0.1) is 0 Å². The Hall–Kier alpha value is -2.67. The number of H-pyrrole nitrogens is 2. The van der Waals surface area contributed by atoms with Crippen molar-refractivity contribution in [3.8, 4) is 0 Å². The van der Waals surface area contributed by atoms with Crippen molar-refractivity contribution in [3.05, 3.63) is 68.0 Å². The van der Waals surface area contributed by atoms with Crippen LogP contribution in [0.2, 0.25) is 0 Å². The number of amides is 1. The lowest BCUT2D eigenvalue weighted by Crippen LogP contribution is -2.33.